The van der Waals surface area contributed by atoms with Gasteiger partial charge in [-0.2, -0.15) is 5.10 Å². The largest absolute Gasteiger partial charge is 0.381 e. The minimum absolute atomic E-state index is 0.0939. The second-order valence-corrected chi connectivity index (χ2v) is 7.45. The van der Waals surface area contributed by atoms with Gasteiger partial charge in [0.15, 0.2) is 0 Å². The minimum atomic E-state index is -0.0939. The van der Waals surface area contributed by atoms with Crippen molar-refractivity contribution in [3.63, 3.8) is 0 Å². The summed E-state index contributed by atoms with van der Waals surface area (Å²) in [6.07, 6.45) is 5.45. The van der Waals surface area contributed by atoms with Crippen LogP contribution >= 0.6 is 11.6 Å². The van der Waals surface area contributed by atoms with Crippen molar-refractivity contribution in [1.29, 1.82) is 0 Å². The highest BCUT2D eigenvalue weighted by molar-refractivity contribution is 6.33. The van der Waals surface area contributed by atoms with E-state index < -0.39 is 0 Å². The number of nitrogens with zero attached hydrogens (tertiary/aromatic N) is 1. The SMILES string of the molecule is O=C(N[C@@H]1CCCC12CCOCC2)c1cc(-c2ccccc2Cl)n[nH]1. The van der Waals surface area contributed by atoms with Crippen LogP contribution in [0.4, 0.5) is 0 Å². The molecule has 2 heterocycles. The fourth-order valence-corrected chi connectivity index (χ4v) is 4.45. The van der Waals surface area contributed by atoms with Gasteiger partial charge in [-0.05, 0) is 43.2 Å². The first kappa shape index (κ1) is 16.6. The topological polar surface area (TPSA) is 67.0 Å². The summed E-state index contributed by atoms with van der Waals surface area (Å²) < 4.78 is 5.52. The van der Waals surface area contributed by atoms with E-state index in [2.05, 4.69) is 15.5 Å². The van der Waals surface area contributed by atoms with Crippen LogP contribution < -0.4 is 5.32 Å². The van der Waals surface area contributed by atoms with Crippen molar-refractivity contribution in [1.82, 2.24) is 15.5 Å². The van der Waals surface area contributed by atoms with Gasteiger partial charge in [0.2, 0.25) is 0 Å². The molecule has 2 N–H and O–H groups in total. The molecule has 6 heteroatoms. The Bertz CT molecular complexity index is 768. The van der Waals surface area contributed by atoms with Crippen LogP contribution in [0, 0.1) is 5.41 Å². The summed E-state index contributed by atoms with van der Waals surface area (Å²) in [5.41, 5.74) is 2.19. The molecule has 0 unspecified atom stereocenters. The van der Waals surface area contributed by atoms with Crippen molar-refractivity contribution in [2.45, 2.75) is 38.1 Å². The number of carbonyl (C=O) groups is 1. The summed E-state index contributed by atoms with van der Waals surface area (Å²) in [6, 6.07) is 9.48. The molecule has 2 aromatic rings. The van der Waals surface area contributed by atoms with Crippen LogP contribution in [0.25, 0.3) is 11.3 Å². The van der Waals surface area contributed by atoms with Crippen molar-refractivity contribution in [3.05, 3.63) is 41.0 Å². The molecule has 1 aliphatic heterocycles. The molecule has 0 bridgehead atoms. The number of aromatic amines is 1. The average Bonchev–Trinajstić information content (AvgIpc) is 3.25. The molecular weight excluding hydrogens is 338 g/mol. The smallest absolute Gasteiger partial charge is 0.269 e. The summed E-state index contributed by atoms with van der Waals surface area (Å²) >= 11 is 6.22. The van der Waals surface area contributed by atoms with Crippen LogP contribution in [-0.4, -0.2) is 35.4 Å². The van der Waals surface area contributed by atoms with E-state index >= 15 is 0 Å². The van der Waals surface area contributed by atoms with Crippen LogP contribution in [0.2, 0.25) is 5.02 Å². The lowest BCUT2D eigenvalue weighted by atomic mass is 9.75. The molecule has 2 fully saturated rings. The zero-order valence-corrected chi connectivity index (χ0v) is 14.8. The van der Waals surface area contributed by atoms with Crippen LogP contribution in [-0.2, 0) is 4.74 Å². The number of nitrogens with one attached hydrogen (secondary N) is 2. The van der Waals surface area contributed by atoms with Crippen molar-refractivity contribution in [2.24, 2.45) is 5.41 Å². The molecule has 1 aromatic heterocycles. The van der Waals surface area contributed by atoms with Crippen molar-refractivity contribution >= 4 is 17.5 Å². The Hall–Kier alpha value is -1.85. The molecular formula is C19H22ClN3O2. The van der Waals surface area contributed by atoms with Gasteiger partial charge in [0.1, 0.15) is 5.69 Å². The van der Waals surface area contributed by atoms with E-state index in [1.165, 1.54) is 12.8 Å². The molecule has 1 saturated heterocycles. The summed E-state index contributed by atoms with van der Waals surface area (Å²) in [5.74, 6) is -0.0939. The summed E-state index contributed by atoms with van der Waals surface area (Å²) in [6.45, 7) is 1.60. The van der Waals surface area contributed by atoms with Gasteiger partial charge < -0.3 is 10.1 Å². The first-order valence-electron chi connectivity index (χ1n) is 8.87. The number of halogens is 1. The predicted octanol–water partition coefficient (Wildman–Crippen LogP) is 3.81. The van der Waals surface area contributed by atoms with Crippen LogP contribution in [0.5, 0.6) is 0 Å². The van der Waals surface area contributed by atoms with Gasteiger partial charge in [-0.3, -0.25) is 9.89 Å². The predicted molar refractivity (Wildman–Crippen MR) is 96.6 cm³/mol. The Morgan fingerprint density at radius 1 is 1.28 bits per heavy atom. The number of aromatic nitrogens is 2. The molecule has 1 spiro atoms. The highest BCUT2D eigenvalue weighted by Crippen LogP contribution is 2.46. The summed E-state index contributed by atoms with van der Waals surface area (Å²) in [5, 5.41) is 11.0. The summed E-state index contributed by atoms with van der Waals surface area (Å²) in [7, 11) is 0. The zero-order valence-electron chi connectivity index (χ0n) is 14.1. The lowest BCUT2D eigenvalue weighted by molar-refractivity contribution is 0.00469. The number of ether oxygens (including phenoxy) is 1. The quantitative estimate of drug-likeness (QED) is 0.875. The van der Waals surface area contributed by atoms with Gasteiger partial charge in [-0.25, -0.2) is 0 Å². The molecule has 1 aliphatic carbocycles. The molecule has 4 rings (SSSR count). The molecule has 1 amide bonds. The maximum absolute atomic E-state index is 12.7. The second-order valence-electron chi connectivity index (χ2n) is 7.04. The van der Waals surface area contributed by atoms with Crippen LogP contribution in [0.15, 0.2) is 30.3 Å². The molecule has 2 aliphatic rings. The van der Waals surface area contributed by atoms with E-state index in [-0.39, 0.29) is 17.4 Å². The highest BCUT2D eigenvalue weighted by Gasteiger charge is 2.44. The van der Waals surface area contributed by atoms with E-state index in [0.29, 0.717) is 16.4 Å². The van der Waals surface area contributed by atoms with Crippen LogP contribution in [0.3, 0.4) is 0 Å². The van der Waals surface area contributed by atoms with Gasteiger partial charge in [-0.15, -0.1) is 0 Å². The standard InChI is InChI=1S/C19H22ClN3O2/c20-14-5-2-1-4-13(14)15-12-16(23-22-15)18(24)21-17-6-3-7-19(17)8-10-25-11-9-19/h1-2,4-5,12,17H,3,6-11H2,(H,21,24)(H,22,23)/t17-/m1/s1. The van der Waals surface area contributed by atoms with Crippen molar-refractivity contribution < 1.29 is 9.53 Å². The molecule has 1 aromatic carbocycles. The third kappa shape index (κ3) is 3.18. The number of hydrogen-bond donors (Lipinski definition) is 2. The molecule has 25 heavy (non-hydrogen) atoms. The van der Waals surface area contributed by atoms with Gasteiger partial charge >= 0.3 is 0 Å². The van der Waals surface area contributed by atoms with Gasteiger partial charge in [0.05, 0.1) is 10.7 Å². The minimum Gasteiger partial charge on any atom is -0.381 e. The normalized spacial score (nSPS) is 22.2. The Morgan fingerprint density at radius 2 is 2.08 bits per heavy atom. The molecule has 5 nitrogen and oxygen atoms in total. The number of amides is 1. The van der Waals surface area contributed by atoms with E-state index in [1.807, 2.05) is 24.3 Å². The average molecular weight is 360 g/mol. The number of hydrogen-bond acceptors (Lipinski definition) is 3. The zero-order chi connectivity index (χ0) is 17.3. The van der Waals surface area contributed by atoms with E-state index in [0.717, 1.165) is 38.0 Å². The first-order valence-corrected chi connectivity index (χ1v) is 9.25. The lowest BCUT2D eigenvalue weighted by Gasteiger charge is -2.39. The fraction of sp³-hybridized carbons (Fsp3) is 0.474. The third-order valence-electron chi connectivity index (χ3n) is 5.67. The van der Waals surface area contributed by atoms with Gasteiger partial charge in [0.25, 0.3) is 5.91 Å². The fourth-order valence-electron chi connectivity index (χ4n) is 4.22. The van der Waals surface area contributed by atoms with Crippen molar-refractivity contribution in [2.75, 3.05) is 13.2 Å². The molecule has 0 radical (unpaired) electrons. The van der Waals surface area contributed by atoms with E-state index in [9.17, 15) is 4.79 Å². The number of carbonyl (C=O) groups excluding carboxylic acids is 1. The van der Waals surface area contributed by atoms with Crippen LogP contribution in [0.1, 0.15) is 42.6 Å². The van der Waals surface area contributed by atoms with Gasteiger partial charge in [0, 0.05) is 24.8 Å². The van der Waals surface area contributed by atoms with Gasteiger partial charge in [-0.1, -0.05) is 36.2 Å². The third-order valence-corrected chi connectivity index (χ3v) is 6.00. The Balaban J connectivity index is 1.49. The molecule has 1 atom stereocenters. The molecule has 132 valence electrons. The van der Waals surface area contributed by atoms with E-state index in [4.69, 9.17) is 16.3 Å². The van der Waals surface area contributed by atoms with Crippen molar-refractivity contribution in [3.8, 4) is 11.3 Å². The summed E-state index contributed by atoms with van der Waals surface area (Å²) in [4.78, 5) is 12.7. The number of rotatable bonds is 3. The number of H-pyrrole nitrogens is 1. The Kier molecular flexibility index (Phi) is 4.52. The van der Waals surface area contributed by atoms with E-state index in [1.54, 1.807) is 6.07 Å². The molecule has 1 saturated carbocycles. The maximum atomic E-state index is 12.7. The Morgan fingerprint density at radius 3 is 2.88 bits per heavy atom. The highest BCUT2D eigenvalue weighted by atomic mass is 35.5. The lowest BCUT2D eigenvalue weighted by Crippen LogP contribution is -2.47. The first-order chi connectivity index (χ1) is 12.2. The monoisotopic (exact) mass is 359 g/mol. The number of benzene rings is 1. The maximum Gasteiger partial charge on any atom is 0.269 e. The second kappa shape index (κ2) is 6.81. The Labute approximate surface area is 152 Å².